The fourth-order valence-corrected chi connectivity index (χ4v) is 2.38. The first kappa shape index (κ1) is 27.5. The largest absolute Gasteiger partial charge is 0.513 e. The van der Waals surface area contributed by atoms with Crippen LogP contribution in [-0.2, 0) is 30.2 Å². The van der Waals surface area contributed by atoms with Crippen LogP contribution in [0.4, 0.5) is 14.4 Å². The molecular weight excluding hydrogens is 442 g/mol. The summed E-state index contributed by atoms with van der Waals surface area (Å²) in [5.74, 6) is -1.45. The van der Waals surface area contributed by atoms with Crippen molar-refractivity contribution in [1.82, 2.24) is 5.32 Å². The Morgan fingerprint density at radius 1 is 0.909 bits per heavy atom. The number of rotatable bonds is 11. The topological polar surface area (TPSA) is 156 Å². The third-order valence-electron chi connectivity index (χ3n) is 4.29. The van der Waals surface area contributed by atoms with Gasteiger partial charge in [-0.1, -0.05) is 13.0 Å². The molecule has 1 aromatic carbocycles. The lowest BCUT2D eigenvalue weighted by atomic mass is 10.0. The van der Waals surface area contributed by atoms with E-state index < -0.39 is 36.6 Å². The van der Waals surface area contributed by atoms with Gasteiger partial charge < -0.3 is 38.8 Å². The van der Waals surface area contributed by atoms with Gasteiger partial charge in [-0.3, -0.25) is 4.79 Å². The van der Waals surface area contributed by atoms with Crippen LogP contribution in [-0.4, -0.2) is 68.6 Å². The Bertz CT molecular complexity index is 826. The van der Waals surface area contributed by atoms with E-state index >= 15 is 0 Å². The molecule has 0 aliphatic heterocycles. The van der Waals surface area contributed by atoms with E-state index in [0.29, 0.717) is 12.0 Å². The van der Waals surface area contributed by atoms with E-state index in [9.17, 15) is 24.3 Å². The lowest BCUT2D eigenvalue weighted by molar-refractivity contribution is -0.139. The van der Waals surface area contributed by atoms with Crippen molar-refractivity contribution >= 4 is 24.4 Å². The van der Waals surface area contributed by atoms with E-state index in [-0.39, 0.29) is 30.6 Å². The maximum Gasteiger partial charge on any atom is 0.513 e. The van der Waals surface area contributed by atoms with Crippen molar-refractivity contribution < 1.29 is 52.7 Å². The lowest BCUT2D eigenvalue weighted by Crippen LogP contribution is -2.42. The molecule has 1 aromatic rings. The fraction of sp³-hybridized carbons (Fsp3) is 0.524. The first-order valence-electron chi connectivity index (χ1n) is 10.1. The van der Waals surface area contributed by atoms with Crippen molar-refractivity contribution in [3.05, 3.63) is 23.8 Å². The zero-order chi connectivity index (χ0) is 25.0. The molecule has 0 bridgehead atoms. The molecule has 0 aromatic heterocycles. The normalized spacial score (nSPS) is 13.1. The van der Waals surface area contributed by atoms with Gasteiger partial charge in [0.15, 0.2) is 11.5 Å². The Hall–Kier alpha value is -3.54. The number of aliphatic carboxylic acids is 1. The first-order chi connectivity index (χ1) is 15.6. The summed E-state index contributed by atoms with van der Waals surface area (Å²) in [5, 5.41) is 12.3. The predicted octanol–water partition coefficient (Wildman–Crippen LogP) is 2.90. The van der Waals surface area contributed by atoms with E-state index in [1.165, 1.54) is 18.2 Å². The smallest absolute Gasteiger partial charge is 0.480 e. The third kappa shape index (κ3) is 10.1. The summed E-state index contributed by atoms with van der Waals surface area (Å²) in [6.07, 6.45) is -3.29. The van der Waals surface area contributed by atoms with Gasteiger partial charge in [0.1, 0.15) is 18.2 Å². The minimum atomic E-state index is -1.16. The summed E-state index contributed by atoms with van der Waals surface area (Å²) in [5.41, 5.74) is 0.441. The molecule has 2 unspecified atom stereocenters. The number of carboxylic acids is 1. The molecule has 0 fully saturated rings. The molecule has 12 nitrogen and oxygen atoms in total. The van der Waals surface area contributed by atoms with Gasteiger partial charge in [-0.15, -0.1) is 0 Å². The molecule has 0 heterocycles. The van der Waals surface area contributed by atoms with Crippen molar-refractivity contribution in [2.45, 2.75) is 51.9 Å². The number of nitrogens with one attached hydrogen (secondary N) is 1. The zero-order valence-electron chi connectivity index (χ0n) is 19.1. The van der Waals surface area contributed by atoms with E-state index in [1.807, 2.05) is 6.92 Å². The van der Waals surface area contributed by atoms with E-state index in [2.05, 4.69) is 14.8 Å². The molecule has 0 aliphatic carbocycles. The average molecular weight is 471 g/mol. The lowest BCUT2D eigenvalue weighted by Gasteiger charge is -2.20. The molecule has 0 aliphatic rings. The average Bonchev–Trinajstić information content (AvgIpc) is 2.77. The summed E-state index contributed by atoms with van der Waals surface area (Å²) in [6, 6.07) is 3.07. The second kappa shape index (κ2) is 13.8. The van der Waals surface area contributed by atoms with Crippen LogP contribution in [0.1, 0.15) is 32.8 Å². The zero-order valence-corrected chi connectivity index (χ0v) is 19.1. The highest BCUT2D eigenvalue weighted by Gasteiger charge is 2.22. The number of methoxy groups -OCH3 is 2. The molecule has 12 heteroatoms. The summed E-state index contributed by atoms with van der Waals surface area (Å²) >= 11 is 0. The molecule has 1 rings (SSSR count). The van der Waals surface area contributed by atoms with Crippen LogP contribution in [0.15, 0.2) is 18.2 Å². The maximum absolute atomic E-state index is 11.7. The van der Waals surface area contributed by atoms with Crippen LogP contribution in [0, 0.1) is 0 Å². The number of hydrogen-bond donors (Lipinski definition) is 2. The predicted molar refractivity (Wildman–Crippen MR) is 112 cm³/mol. The Balaban J connectivity index is 2.86. The molecule has 0 saturated carbocycles. The summed E-state index contributed by atoms with van der Waals surface area (Å²) in [6.45, 7) is 5.22. The molecule has 0 amide bonds. The highest BCUT2D eigenvalue weighted by Crippen LogP contribution is 2.30. The number of hydrogen-bond acceptors (Lipinski definition) is 11. The Morgan fingerprint density at radius 3 is 2.03 bits per heavy atom. The van der Waals surface area contributed by atoms with Crippen molar-refractivity contribution in [2.24, 2.45) is 0 Å². The summed E-state index contributed by atoms with van der Waals surface area (Å²) in [4.78, 5) is 46.3. The fourth-order valence-electron chi connectivity index (χ4n) is 2.38. The molecule has 33 heavy (non-hydrogen) atoms. The molecule has 0 saturated heterocycles. The number of ether oxygens (including phenoxy) is 6. The second-order valence-electron chi connectivity index (χ2n) is 6.91. The van der Waals surface area contributed by atoms with Crippen molar-refractivity contribution in [3.63, 3.8) is 0 Å². The van der Waals surface area contributed by atoms with Gasteiger partial charge in [-0.25, -0.2) is 14.4 Å². The number of carbonyl (C=O) groups is 4. The van der Waals surface area contributed by atoms with Crippen LogP contribution >= 0.6 is 0 Å². The Labute approximate surface area is 191 Å². The van der Waals surface area contributed by atoms with E-state index in [0.717, 1.165) is 14.2 Å². The van der Waals surface area contributed by atoms with E-state index in [4.69, 9.17) is 18.9 Å². The van der Waals surface area contributed by atoms with Crippen molar-refractivity contribution in [1.29, 1.82) is 0 Å². The van der Waals surface area contributed by atoms with Gasteiger partial charge in [0.25, 0.3) is 0 Å². The SMILES string of the molecule is CCC(C)OC(=O)OC(C)CN[C@@H](Cc1ccc(OC(=O)OC)c(OC(=O)OC)c1)C(=O)O. The van der Waals surface area contributed by atoms with Crippen molar-refractivity contribution in [2.75, 3.05) is 20.8 Å². The Morgan fingerprint density at radius 2 is 1.48 bits per heavy atom. The third-order valence-corrected chi connectivity index (χ3v) is 4.29. The molecule has 2 N–H and O–H groups in total. The minimum absolute atomic E-state index is 0.0323. The highest BCUT2D eigenvalue weighted by molar-refractivity contribution is 5.74. The van der Waals surface area contributed by atoms with E-state index in [1.54, 1.807) is 13.8 Å². The van der Waals surface area contributed by atoms with Crippen LogP contribution in [0.2, 0.25) is 0 Å². The number of carboxylic acid groups (broad SMARTS) is 1. The van der Waals surface area contributed by atoms with Crippen LogP contribution < -0.4 is 14.8 Å². The number of carbonyl (C=O) groups excluding carboxylic acids is 3. The highest BCUT2D eigenvalue weighted by atomic mass is 16.7. The summed E-state index contributed by atoms with van der Waals surface area (Å²) in [7, 11) is 2.20. The maximum atomic E-state index is 11.7. The van der Waals surface area contributed by atoms with Gasteiger partial charge in [-0.2, -0.15) is 0 Å². The molecule has 184 valence electrons. The Kier molecular flexibility index (Phi) is 11.5. The van der Waals surface area contributed by atoms with Gasteiger partial charge in [0.2, 0.25) is 0 Å². The molecule has 0 radical (unpaired) electrons. The van der Waals surface area contributed by atoms with Crippen LogP contribution in [0.25, 0.3) is 0 Å². The van der Waals surface area contributed by atoms with Gasteiger partial charge >= 0.3 is 24.4 Å². The molecular formula is C21H29NO11. The van der Waals surface area contributed by atoms with Gasteiger partial charge in [0.05, 0.1) is 14.2 Å². The van der Waals surface area contributed by atoms with Crippen LogP contribution in [0.3, 0.4) is 0 Å². The first-order valence-corrected chi connectivity index (χ1v) is 10.1. The minimum Gasteiger partial charge on any atom is -0.480 e. The van der Waals surface area contributed by atoms with Gasteiger partial charge in [-0.05, 0) is 44.4 Å². The van der Waals surface area contributed by atoms with Gasteiger partial charge in [0, 0.05) is 6.54 Å². The van der Waals surface area contributed by atoms with Crippen molar-refractivity contribution in [3.8, 4) is 11.5 Å². The van der Waals surface area contributed by atoms with Crippen LogP contribution in [0.5, 0.6) is 11.5 Å². The number of benzene rings is 1. The monoisotopic (exact) mass is 471 g/mol. The standard InChI is InChI=1S/C21H29NO11/c1-6-12(2)30-21(27)31-13(3)11-22-15(18(23)24)9-14-7-8-16(32-19(25)28-4)17(10-14)33-20(26)29-5/h7-8,10,12-13,15,22H,6,9,11H2,1-5H3,(H,23,24)/t12?,13?,15-/m0/s1. The molecule has 3 atom stereocenters. The summed E-state index contributed by atoms with van der Waals surface area (Å²) < 4.78 is 28.8. The molecule has 0 spiro atoms. The quantitative estimate of drug-likeness (QED) is 0.277. The second-order valence-corrected chi connectivity index (χ2v) is 6.91.